The van der Waals surface area contributed by atoms with E-state index in [9.17, 15) is 28.1 Å². The van der Waals surface area contributed by atoms with Crippen molar-refractivity contribution in [2.75, 3.05) is 5.75 Å². The molecule has 0 aliphatic carbocycles. The van der Waals surface area contributed by atoms with E-state index in [2.05, 4.69) is 9.37 Å². The van der Waals surface area contributed by atoms with Gasteiger partial charge in [0.05, 0.1) is 15.4 Å². The average molecular weight is 314 g/mol. The van der Waals surface area contributed by atoms with Gasteiger partial charge in [-0.25, -0.2) is 8.42 Å². The van der Waals surface area contributed by atoms with Gasteiger partial charge in [0.1, 0.15) is 0 Å². The van der Waals surface area contributed by atoms with Crippen molar-refractivity contribution in [1.29, 1.82) is 0 Å². The van der Waals surface area contributed by atoms with Gasteiger partial charge >= 0.3 is 88.7 Å². The minimum absolute atomic E-state index is 0. The topological polar surface area (TPSA) is 139 Å². The van der Waals surface area contributed by atoms with Crippen LogP contribution in [0.25, 0.3) is 0 Å². The SMILES string of the molecule is O=C([O-])CC(CSOO[O-])S(=O)(=O)[O-].[Na+].[Na+].[Na+]. The van der Waals surface area contributed by atoms with Crippen molar-refractivity contribution in [3.63, 3.8) is 0 Å². The van der Waals surface area contributed by atoms with Crippen LogP contribution < -0.4 is 99.0 Å². The third-order valence-corrected chi connectivity index (χ3v) is 3.18. The Bertz CT molecular complexity index is 282. The first kappa shape index (κ1) is 27.9. The van der Waals surface area contributed by atoms with Crippen LogP contribution in [0.2, 0.25) is 0 Å². The third-order valence-electron chi connectivity index (χ3n) is 1.13. The van der Waals surface area contributed by atoms with Crippen LogP contribution in [0.15, 0.2) is 0 Å². The van der Waals surface area contributed by atoms with E-state index >= 15 is 0 Å². The van der Waals surface area contributed by atoms with E-state index in [0.717, 1.165) is 0 Å². The summed E-state index contributed by atoms with van der Waals surface area (Å²) < 4.78 is 35.0. The van der Waals surface area contributed by atoms with Crippen LogP contribution in [0.4, 0.5) is 0 Å². The zero-order valence-corrected chi connectivity index (χ0v) is 17.2. The van der Waals surface area contributed by atoms with Gasteiger partial charge in [-0.15, -0.1) is 0 Å². The first-order valence-corrected chi connectivity index (χ1v) is 5.48. The summed E-state index contributed by atoms with van der Waals surface area (Å²) in [5.74, 6) is -2.21. The van der Waals surface area contributed by atoms with Gasteiger partial charge in [-0.1, -0.05) is 0 Å². The van der Waals surface area contributed by atoms with Gasteiger partial charge in [0, 0.05) is 30.2 Å². The molecule has 0 spiro atoms. The fraction of sp³-hybridized carbons (Fsp3) is 0.750. The summed E-state index contributed by atoms with van der Waals surface area (Å²) in [4.78, 5) is 10.0. The quantitative estimate of drug-likeness (QED) is 0.112. The molecule has 0 radical (unpaired) electrons. The molecule has 1 atom stereocenters. The van der Waals surface area contributed by atoms with Gasteiger partial charge in [-0.3, -0.25) is 5.04 Å². The number of carbonyl (C=O) groups is 1. The molecule has 0 aliphatic rings. The Kier molecular flexibility index (Phi) is 24.6. The first-order chi connectivity index (χ1) is 6.38. The molecule has 0 aromatic carbocycles. The summed E-state index contributed by atoms with van der Waals surface area (Å²) in [6, 6.07) is 0. The Morgan fingerprint density at radius 1 is 1.29 bits per heavy atom. The maximum Gasteiger partial charge on any atom is 1.00 e. The molecule has 84 valence electrons. The number of carboxylic acid groups (broad SMARTS) is 1. The fourth-order valence-corrected chi connectivity index (χ4v) is 2.09. The molecule has 0 saturated carbocycles. The summed E-state index contributed by atoms with van der Waals surface area (Å²) in [6.07, 6.45) is -0.957. The molecule has 17 heavy (non-hydrogen) atoms. The van der Waals surface area contributed by atoms with Crippen LogP contribution in [-0.2, 0) is 24.3 Å². The van der Waals surface area contributed by atoms with Gasteiger partial charge in [-0.2, -0.15) is 4.33 Å². The summed E-state index contributed by atoms with van der Waals surface area (Å²) in [5, 5.41) is 20.5. The molecule has 13 heteroatoms. The van der Waals surface area contributed by atoms with Gasteiger partial charge in [0.15, 0.2) is 0 Å². The maximum atomic E-state index is 10.4. The molecule has 0 fully saturated rings. The largest absolute Gasteiger partial charge is 1.00 e. The molecule has 0 bridgehead atoms. The Balaban J connectivity index is -0.000000282. The zero-order chi connectivity index (χ0) is 11.2. The Labute approximate surface area is 169 Å². The normalized spacial score (nSPS) is 11.4. The second-order valence-electron chi connectivity index (χ2n) is 2.11. The van der Waals surface area contributed by atoms with Crippen LogP contribution in [0, 0.1) is 0 Å². The molecular formula is C4H5Na3O8S2. The van der Waals surface area contributed by atoms with Gasteiger partial charge in [0.2, 0.25) is 0 Å². The molecular weight excluding hydrogens is 309 g/mol. The van der Waals surface area contributed by atoms with Crippen molar-refractivity contribution in [1.82, 2.24) is 0 Å². The van der Waals surface area contributed by atoms with Crippen molar-refractivity contribution >= 4 is 28.1 Å². The molecule has 0 amide bonds. The Hall–Kier alpha value is 2.61. The molecule has 0 rings (SSSR count). The minimum atomic E-state index is -4.77. The maximum absolute atomic E-state index is 10.4. The standard InChI is InChI=1S/C4H8O8S2.3Na/c5-4(6)1-3(14(8,9)10)2-13-12-11-7;;;/h3,7H,1-2H2,(H,5,6)(H,8,9,10);;;/q;3*+1/p-3. The minimum Gasteiger partial charge on any atom is -0.748 e. The van der Waals surface area contributed by atoms with Crippen LogP contribution in [0.3, 0.4) is 0 Å². The molecule has 0 N–H and O–H groups in total. The van der Waals surface area contributed by atoms with E-state index in [-0.39, 0.29) is 101 Å². The van der Waals surface area contributed by atoms with Crippen molar-refractivity contribution in [2.24, 2.45) is 0 Å². The number of rotatable bonds is 7. The predicted molar refractivity (Wildman–Crippen MR) is 37.7 cm³/mol. The molecule has 0 aromatic heterocycles. The second kappa shape index (κ2) is 15.0. The Morgan fingerprint density at radius 3 is 2.06 bits per heavy atom. The summed E-state index contributed by atoms with van der Waals surface area (Å²) in [5.41, 5.74) is 0. The number of carbonyl (C=O) groups excluding carboxylic acids is 1. The van der Waals surface area contributed by atoms with Gasteiger partial charge < -0.3 is 19.7 Å². The summed E-state index contributed by atoms with van der Waals surface area (Å²) in [7, 11) is -4.77. The molecule has 8 nitrogen and oxygen atoms in total. The van der Waals surface area contributed by atoms with Crippen LogP contribution >= 0.6 is 12.0 Å². The van der Waals surface area contributed by atoms with Crippen molar-refractivity contribution in [2.45, 2.75) is 11.7 Å². The molecule has 0 saturated heterocycles. The van der Waals surface area contributed by atoms with E-state index in [1.807, 2.05) is 0 Å². The third kappa shape index (κ3) is 16.6. The number of hydrogen-bond donors (Lipinski definition) is 0. The van der Waals surface area contributed by atoms with Crippen molar-refractivity contribution in [3.05, 3.63) is 0 Å². The van der Waals surface area contributed by atoms with Crippen LogP contribution in [0.5, 0.6) is 0 Å². The number of carboxylic acids is 1. The smallest absolute Gasteiger partial charge is 0.748 e. The number of aliphatic carboxylic acids is 1. The van der Waals surface area contributed by atoms with Gasteiger partial charge in [0.25, 0.3) is 0 Å². The predicted octanol–water partition coefficient (Wildman–Crippen LogP) is -12.1. The molecule has 0 aliphatic heterocycles. The van der Waals surface area contributed by atoms with Gasteiger partial charge in [-0.05, 0) is 0 Å². The fourth-order valence-electron chi connectivity index (χ4n) is 0.554. The second-order valence-corrected chi connectivity index (χ2v) is 4.47. The first-order valence-electron chi connectivity index (χ1n) is 3.10. The summed E-state index contributed by atoms with van der Waals surface area (Å²) >= 11 is 0.225. The number of hydrogen-bond acceptors (Lipinski definition) is 9. The van der Waals surface area contributed by atoms with E-state index < -0.39 is 33.5 Å². The van der Waals surface area contributed by atoms with Crippen LogP contribution in [-0.4, -0.2) is 29.9 Å². The van der Waals surface area contributed by atoms with E-state index in [1.165, 1.54) is 0 Å². The monoisotopic (exact) mass is 314 g/mol. The summed E-state index contributed by atoms with van der Waals surface area (Å²) in [6.45, 7) is 0. The van der Waals surface area contributed by atoms with E-state index in [4.69, 9.17) is 0 Å². The van der Waals surface area contributed by atoms with Crippen molar-refractivity contribution < 1.29 is 126 Å². The zero-order valence-electron chi connectivity index (χ0n) is 9.57. The average Bonchev–Trinajstić information content (AvgIpc) is 2.00. The van der Waals surface area contributed by atoms with Crippen LogP contribution in [0.1, 0.15) is 6.42 Å². The molecule has 0 heterocycles. The Morgan fingerprint density at radius 2 is 1.76 bits per heavy atom. The van der Waals surface area contributed by atoms with E-state index in [1.54, 1.807) is 0 Å². The molecule has 0 aromatic rings. The van der Waals surface area contributed by atoms with E-state index in [0.29, 0.717) is 0 Å². The van der Waals surface area contributed by atoms with Crippen molar-refractivity contribution in [3.8, 4) is 0 Å². The molecule has 1 unspecified atom stereocenters.